The number of benzene rings is 3. The first kappa shape index (κ1) is 18.9. The highest BCUT2D eigenvalue weighted by atomic mass is 16.4. The fourth-order valence-electron chi connectivity index (χ4n) is 2.77. The molecule has 0 radical (unpaired) electrons. The number of carbonyl (C=O) groups is 3. The number of aliphatic carboxylic acids is 1. The number of anilines is 2. The molecule has 0 fully saturated rings. The van der Waals surface area contributed by atoms with E-state index in [0.717, 1.165) is 16.3 Å². The molecule has 7 heteroatoms. The van der Waals surface area contributed by atoms with Crippen LogP contribution in [0.1, 0.15) is 15.9 Å². The quantitative estimate of drug-likeness (QED) is 0.545. The third kappa shape index (κ3) is 4.45. The number of urea groups is 1. The Kier molecular flexibility index (Phi) is 5.55. The minimum atomic E-state index is -1.15. The van der Waals surface area contributed by atoms with E-state index in [4.69, 9.17) is 5.11 Å². The van der Waals surface area contributed by atoms with Crippen molar-refractivity contribution in [2.24, 2.45) is 0 Å². The summed E-state index contributed by atoms with van der Waals surface area (Å²) in [6.45, 7) is 1.36. The summed E-state index contributed by atoms with van der Waals surface area (Å²) in [4.78, 5) is 35.7. The summed E-state index contributed by atoms with van der Waals surface area (Å²) in [5, 5.41) is 18.2. The largest absolute Gasteiger partial charge is 0.480 e. The van der Waals surface area contributed by atoms with E-state index in [-0.39, 0.29) is 11.3 Å². The first-order valence-electron chi connectivity index (χ1n) is 8.60. The average molecular weight is 377 g/mol. The van der Waals surface area contributed by atoms with Crippen LogP contribution in [-0.2, 0) is 4.79 Å². The first-order chi connectivity index (χ1) is 13.4. The van der Waals surface area contributed by atoms with Gasteiger partial charge in [-0.25, -0.2) is 4.79 Å². The Morgan fingerprint density at radius 3 is 2.14 bits per heavy atom. The van der Waals surface area contributed by atoms with Gasteiger partial charge in [-0.2, -0.15) is 0 Å². The van der Waals surface area contributed by atoms with E-state index < -0.39 is 24.5 Å². The number of nitrogens with one attached hydrogen (secondary N) is 3. The number of fused-ring (bicyclic) bond motifs is 1. The van der Waals surface area contributed by atoms with Crippen LogP contribution in [0.5, 0.6) is 0 Å². The Bertz CT molecular complexity index is 1060. The molecule has 3 aromatic carbocycles. The predicted octanol–water partition coefficient (Wildman–Crippen LogP) is 3.61. The lowest BCUT2D eigenvalue weighted by molar-refractivity contribution is -0.135. The van der Waals surface area contributed by atoms with Gasteiger partial charge in [-0.1, -0.05) is 42.5 Å². The molecule has 0 aliphatic heterocycles. The molecular weight excluding hydrogens is 358 g/mol. The minimum absolute atomic E-state index is 0.180. The maximum atomic E-state index is 12.5. The fourth-order valence-corrected chi connectivity index (χ4v) is 2.77. The molecule has 0 aromatic heterocycles. The molecule has 4 N–H and O–H groups in total. The van der Waals surface area contributed by atoms with E-state index in [0.29, 0.717) is 5.69 Å². The summed E-state index contributed by atoms with van der Waals surface area (Å²) in [5.41, 5.74) is 2.01. The van der Waals surface area contributed by atoms with Crippen LogP contribution in [-0.4, -0.2) is 29.6 Å². The number of hydrogen-bond donors (Lipinski definition) is 4. The second kappa shape index (κ2) is 8.22. The number of carbonyl (C=O) groups excluding carboxylic acids is 2. The summed E-state index contributed by atoms with van der Waals surface area (Å²) in [6, 6.07) is 17.5. The molecule has 0 aliphatic carbocycles. The van der Waals surface area contributed by atoms with Crippen LogP contribution in [0.3, 0.4) is 0 Å². The Morgan fingerprint density at radius 1 is 0.857 bits per heavy atom. The van der Waals surface area contributed by atoms with Gasteiger partial charge < -0.3 is 21.1 Å². The summed E-state index contributed by atoms with van der Waals surface area (Å²) in [5.74, 6) is -1.74. The summed E-state index contributed by atoms with van der Waals surface area (Å²) in [6.07, 6.45) is 0. The van der Waals surface area contributed by atoms with Gasteiger partial charge in [0.25, 0.3) is 5.91 Å². The zero-order valence-corrected chi connectivity index (χ0v) is 15.2. The highest BCUT2D eigenvalue weighted by Crippen LogP contribution is 2.25. The SMILES string of the molecule is Cc1ccccc1NC(=O)Nc1cc2ccccc2cc1C(=O)NCC(=O)O. The number of carboxylic acids is 1. The topological polar surface area (TPSA) is 108 Å². The third-order valence-electron chi connectivity index (χ3n) is 4.17. The lowest BCUT2D eigenvalue weighted by atomic mass is 10.0. The van der Waals surface area contributed by atoms with Crippen LogP contribution in [0.25, 0.3) is 10.8 Å². The molecule has 3 aromatic rings. The molecule has 0 saturated heterocycles. The van der Waals surface area contributed by atoms with Crippen molar-refractivity contribution in [2.75, 3.05) is 17.2 Å². The summed E-state index contributed by atoms with van der Waals surface area (Å²) < 4.78 is 0. The highest BCUT2D eigenvalue weighted by Gasteiger charge is 2.16. The van der Waals surface area contributed by atoms with E-state index in [9.17, 15) is 14.4 Å². The number of para-hydroxylation sites is 1. The zero-order chi connectivity index (χ0) is 20.1. The van der Waals surface area contributed by atoms with Gasteiger partial charge in [0.1, 0.15) is 6.54 Å². The number of carboxylic acid groups (broad SMARTS) is 1. The molecule has 3 amide bonds. The second-order valence-electron chi connectivity index (χ2n) is 6.22. The molecule has 0 unspecified atom stereocenters. The van der Waals surface area contributed by atoms with Gasteiger partial charge >= 0.3 is 12.0 Å². The van der Waals surface area contributed by atoms with Crippen LogP contribution in [0.15, 0.2) is 60.7 Å². The lowest BCUT2D eigenvalue weighted by Gasteiger charge is -2.14. The van der Waals surface area contributed by atoms with Gasteiger partial charge in [-0.3, -0.25) is 9.59 Å². The number of aryl methyl sites for hydroxylation is 1. The van der Waals surface area contributed by atoms with E-state index in [1.807, 2.05) is 49.4 Å². The lowest BCUT2D eigenvalue weighted by Crippen LogP contribution is -2.30. The van der Waals surface area contributed by atoms with Gasteiger partial charge in [0, 0.05) is 5.69 Å². The van der Waals surface area contributed by atoms with Crippen molar-refractivity contribution in [3.05, 3.63) is 71.8 Å². The second-order valence-corrected chi connectivity index (χ2v) is 6.22. The van der Waals surface area contributed by atoms with Gasteiger partial charge in [0.05, 0.1) is 11.3 Å². The monoisotopic (exact) mass is 377 g/mol. The van der Waals surface area contributed by atoms with Crippen LogP contribution in [0.4, 0.5) is 16.2 Å². The summed E-state index contributed by atoms with van der Waals surface area (Å²) >= 11 is 0. The van der Waals surface area contributed by atoms with Crippen LogP contribution >= 0.6 is 0 Å². The molecule has 142 valence electrons. The van der Waals surface area contributed by atoms with Crippen molar-refractivity contribution in [2.45, 2.75) is 6.92 Å². The van der Waals surface area contributed by atoms with Crippen molar-refractivity contribution in [1.29, 1.82) is 0 Å². The molecule has 0 atom stereocenters. The third-order valence-corrected chi connectivity index (χ3v) is 4.17. The predicted molar refractivity (Wildman–Crippen MR) is 108 cm³/mol. The molecule has 3 rings (SSSR count). The standard InChI is InChI=1S/C21H19N3O4/c1-13-6-2-5-9-17(13)23-21(28)24-18-11-15-8-4-3-7-14(15)10-16(18)20(27)22-12-19(25)26/h2-11H,12H2,1H3,(H,22,27)(H,25,26)(H2,23,24,28). The molecule has 0 spiro atoms. The Balaban J connectivity index is 1.90. The van der Waals surface area contributed by atoms with Crippen molar-refractivity contribution in [1.82, 2.24) is 5.32 Å². The van der Waals surface area contributed by atoms with Crippen LogP contribution < -0.4 is 16.0 Å². The molecule has 0 heterocycles. The Morgan fingerprint density at radius 2 is 1.46 bits per heavy atom. The van der Waals surface area contributed by atoms with Crippen molar-refractivity contribution in [3.8, 4) is 0 Å². The van der Waals surface area contributed by atoms with E-state index >= 15 is 0 Å². The zero-order valence-electron chi connectivity index (χ0n) is 15.2. The van der Waals surface area contributed by atoms with E-state index in [1.54, 1.807) is 18.2 Å². The number of hydrogen-bond acceptors (Lipinski definition) is 3. The molecule has 7 nitrogen and oxygen atoms in total. The smallest absolute Gasteiger partial charge is 0.323 e. The maximum Gasteiger partial charge on any atom is 0.323 e. The maximum absolute atomic E-state index is 12.5. The van der Waals surface area contributed by atoms with E-state index in [1.165, 1.54) is 0 Å². The van der Waals surface area contributed by atoms with E-state index in [2.05, 4.69) is 16.0 Å². The van der Waals surface area contributed by atoms with Crippen LogP contribution in [0.2, 0.25) is 0 Å². The van der Waals surface area contributed by atoms with Crippen molar-refractivity contribution < 1.29 is 19.5 Å². The Hall–Kier alpha value is -3.87. The van der Waals surface area contributed by atoms with Gasteiger partial charge in [-0.05, 0) is 41.5 Å². The molecule has 0 aliphatic rings. The van der Waals surface area contributed by atoms with Gasteiger partial charge in [-0.15, -0.1) is 0 Å². The van der Waals surface area contributed by atoms with Crippen LogP contribution in [0, 0.1) is 6.92 Å². The molecule has 0 bridgehead atoms. The van der Waals surface area contributed by atoms with Crippen molar-refractivity contribution >= 4 is 40.1 Å². The van der Waals surface area contributed by atoms with Crippen molar-refractivity contribution in [3.63, 3.8) is 0 Å². The van der Waals surface area contributed by atoms with Gasteiger partial charge in [0.2, 0.25) is 0 Å². The highest BCUT2D eigenvalue weighted by molar-refractivity contribution is 6.10. The summed E-state index contributed by atoms with van der Waals surface area (Å²) in [7, 11) is 0. The first-order valence-corrected chi connectivity index (χ1v) is 8.60. The average Bonchev–Trinajstić information content (AvgIpc) is 2.67. The molecule has 28 heavy (non-hydrogen) atoms. The number of rotatable bonds is 5. The van der Waals surface area contributed by atoms with Gasteiger partial charge in [0.15, 0.2) is 0 Å². The fraction of sp³-hybridized carbons (Fsp3) is 0.0952. The normalized spacial score (nSPS) is 10.3. The molecule has 0 saturated carbocycles. The number of amides is 3. The minimum Gasteiger partial charge on any atom is -0.480 e. The molecular formula is C21H19N3O4. The Labute approximate surface area is 161 Å².